The van der Waals surface area contributed by atoms with Crippen molar-refractivity contribution in [1.29, 1.82) is 0 Å². The number of carboxylic acid groups (broad SMARTS) is 1. The van der Waals surface area contributed by atoms with Gasteiger partial charge in [0.15, 0.2) is 17.7 Å². The van der Waals surface area contributed by atoms with Crippen molar-refractivity contribution in [3.63, 3.8) is 0 Å². The summed E-state index contributed by atoms with van der Waals surface area (Å²) in [6.07, 6.45) is 1.45. The number of aryl methyl sites for hydroxylation is 1. The van der Waals surface area contributed by atoms with Crippen LogP contribution in [-0.2, 0) is 16.0 Å². The number of halogens is 2. The molecule has 2 N–H and O–H groups in total. The van der Waals surface area contributed by atoms with Crippen molar-refractivity contribution in [3.05, 3.63) is 65.0 Å². The molecular formula is C16H14F2N2O3. The standard InChI is InChI=1S/C16H14F2N2O3/c1-9-2-3-10(8-19-9)6-14(21)20-15(16(22)23)11-4-5-12(17)13(18)7-11/h2-5,7-8,15H,6H2,1H3,(H,20,21)(H,22,23). The fourth-order valence-corrected chi connectivity index (χ4v) is 1.98. The van der Waals surface area contributed by atoms with Crippen LogP contribution in [0.4, 0.5) is 8.78 Å². The number of carbonyl (C=O) groups is 2. The van der Waals surface area contributed by atoms with E-state index < -0.39 is 29.6 Å². The van der Waals surface area contributed by atoms with Crippen molar-refractivity contribution in [1.82, 2.24) is 10.3 Å². The van der Waals surface area contributed by atoms with Crippen LogP contribution >= 0.6 is 0 Å². The molecule has 1 amide bonds. The predicted octanol–water partition coefficient (Wildman–Crippen LogP) is 2.15. The maximum atomic E-state index is 13.2. The van der Waals surface area contributed by atoms with Crippen molar-refractivity contribution in [2.75, 3.05) is 0 Å². The van der Waals surface area contributed by atoms with Gasteiger partial charge in [0.25, 0.3) is 0 Å². The zero-order valence-corrected chi connectivity index (χ0v) is 12.2. The predicted molar refractivity (Wildman–Crippen MR) is 77.6 cm³/mol. The zero-order valence-electron chi connectivity index (χ0n) is 12.2. The lowest BCUT2D eigenvalue weighted by atomic mass is 10.1. The second-order valence-electron chi connectivity index (χ2n) is 5.00. The van der Waals surface area contributed by atoms with Crippen LogP contribution in [0.25, 0.3) is 0 Å². The van der Waals surface area contributed by atoms with Crippen LogP contribution in [0.1, 0.15) is 22.9 Å². The number of amides is 1. The molecule has 0 fully saturated rings. The molecule has 1 heterocycles. The van der Waals surface area contributed by atoms with Crippen LogP contribution in [0.5, 0.6) is 0 Å². The van der Waals surface area contributed by atoms with E-state index in [4.69, 9.17) is 0 Å². The average molecular weight is 320 g/mol. The Labute approximate surface area is 131 Å². The number of carboxylic acids is 1. The van der Waals surface area contributed by atoms with Crippen LogP contribution in [0, 0.1) is 18.6 Å². The van der Waals surface area contributed by atoms with Gasteiger partial charge < -0.3 is 10.4 Å². The molecule has 120 valence electrons. The number of carbonyl (C=O) groups excluding carboxylic acids is 1. The number of aromatic nitrogens is 1. The number of nitrogens with one attached hydrogen (secondary N) is 1. The first-order valence-corrected chi connectivity index (χ1v) is 6.75. The zero-order chi connectivity index (χ0) is 17.0. The summed E-state index contributed by atoms with van der Waals surface area (Å²) < 4.78 is 26.2. The maximum Gasteiger partial charge on any atom is 0.330 e. The van der Waals surface area contributed by atoms with Gasteiger partial charge in [0, 0.05) is 11.9 Å². The largest absolute Gasteiger partial charge is 0.479 e. The highest BCUT2D eigenvalue weighted by Gasteiger charge is 2.23. The lowest BCUT2D eigenvalue weighted by molar-refractivity contribution is -0.142. The minimum atomic E-state index is -1.46. The number of benzene rings is 1. The van der Waals surface area contributed by atoms with Crippen LogP contribution in [0.2, 0.25) is 0 Å². The smallest absolute Gasteiger partial charge is 0.330 e. The molecule has 1 atom stereocenters. The third-order valence-electron chi connectivity index (χ3n) is 3.17. The van der Waals surface area contributed by atoms with Gasteiger partial charge in [-0.05, 0) is 36.2 Å². The fraction of sp³-hybridized carbons (Fsp3) is 0.188. The summed E-state index contributed by atoms with van der Waals surface area (Å²) in [6, 6.07) is 4.65. The molecule has 23 heavy (non-hydrogen) atoms. The SMILES string of the molecule is Cc1ccc(CC(=O)NC(C(=O)O)c2ccc(F)c(F)c2)cn1. The molecule has 7 heteroatoms. The normalized spacial score (nSPS) is 11.8. The Morgan fingerprint density at radius 1 is 1.22 bits per heavy atom. The highest BCUT2D eigenvalue weighted by atomic mass is 19.2. The third kappa shape index (κ3) is 4.32. The van der Waals surface area contributed by atoms with E-state index in [1.54, 1.807) is 19.1 Å². The highest BCUT2D eigenvalue weighted by molar-refractivity contribution is 5.85. The number of aliphatic carboxylic acids is 1. The number of hydrogen-bond donors (Lipinski definition) is 2. The molecule has 2 rings (SSSR count). The van der Waals surface area contributed by atoms with Gasteiger partial charge in [-0.2, -0.15) is 0 Å². The summed E-state index contributed by atoms with van der Waals surface area (Å²) in [4.78, 5) is 27.3. The van der Waals surface area contributed by atoms with Crippen molar-refractivity contribution in [2.45, 2.75) is 19.4 Å². The molecule has 0 radical (unpaired) electrons. The Morgan fingerprint density at radius 2 is 1.96 bits per heavy atom. The van der Waals surface area contributed by atoms with Crippen LogP contribution < -0.4 is 5.32 Å². The van der Waals surface area contributed by atoms with Gasteiger partial charge in [-0.3, -0.25) is 9.78 Å². The highest BCUT2D eigenvalue weighted by Crippen LogP contribution is 2.17. The van der Waals surface area contributed by atoms with E-state index in [-0.39, 0.29) is 12.0 Å². The summed E-state index contributed by atoms with van der Waals surface area (Å²) in [5, 5.41) is 11.5. The summed E-state index contributed by atoms with van der Waals surface area (Å²) >= 11 is 0. The van der Waals surface area contributed by atoms with E-state index >= 15 is 0 Å². The van der Waals surface area contributed by atoms with Gasteiger partial charge >= 0.3 is 5.97 Å². The van der Waals surface area contributed by atoms with Crippen LogP contribution in [0.3, 0.4) is 0 Å². The van der Waals surface area contributed by atoms with Crippen LogP contribution in [0.15, 0.2) is 36.5 Å². The van der Waals surface area contributed by atoms with E-state index in [1.807, 2.05) is 0 Å². The van der Waals surface area contributed by atoms with E-state index in [2.05, 4.69) is 10.3 Å². The Balaban J connectivity index is 2.12. The number of pyridine rings is 1. The quantitative estimate of drug-likeness (QED) is 0.885. The molecule has 0 saturated carbocycles. The molecule has 2 aromatic rings. The van der Waals surface area contributed by atoms with E-state index in [0.717, 1.165) is 23.9 Å². The van der Waals surface area contributed by atoms with Crippen molar-refractivity contribution >= 4 is 11.9 Å². The molecule has 0 aliphatic rings. The first kappa shape index (κ1) is 16.5. The minimum Gasteiger partial charge on any atom is -0.479 e. The lowest BCUT2D eigenvalue weighted by Crippen LogP contribution is -2.34. The van der Waals surface area contributed by atoms with Gasteiger partial charge in [0.2, 0.25) is 5.91 Å². The third-order valence-corrected chi connectivity index (χ3v) is 3.17. The monoisotopic (exact) mass is 320 g/mol. The van der Waals surface area contributed by atoms with Crippen molar-refractivity contribution in [3.8, 4) is 0 Å². The molecule has 1 aromatic heterocycles. The topological polar surface area (TPSA) is 79.3 Å². The molecule has 0 saturated heterocycles. The van der Waals surface area contributed by atoms with Gasteiger partial charge in [-0.25, -0.2) is 13.6 Å². The van der Waals surface area contributed by atoms with E-state index in [9.17, 15) is 23.5 Å². The first-order chi connectivity index (χ1) is 10.9. The summed E-state index contributed by atoms with van der Waals surface area (Å²) in [7, 11) is 0. The molecular weight excluding hydrogens is 306 g/mol. The Morgan fingerprint density at radius 3 is 2.52 bits per heavy atom. The van der Waals surface area contributed by atoms with E-state index in [1.165, 1.54) is 6.20 Å². The average Bonchev–Trinajstić information content (AvgIpc) is 2.50. The molecule has 5 nitrogen and oxygen atoms in total. The van der Waals surface area contributed by atoms with Gasteiger partial charge in [0.05, 0.1) is 6.42 Å². The van der Waals surface area contributed by atoms with Gasteiger partial charge in [-0.1, -0.05) is 12.1 Å². The summed E-state index contributed by atoms with van der Waals surface area (Å²) in [5.74, 6) is -4.19. The lowest BCUT2D eigenvalue weighted by Gasteiger charge is -2.15. The molecule has 0 bridgehead atoms. The van der Waals surface area contributed by atoms with Gasteiger partial charge in [0.1, 0.15) is 0 Å². The molecule has 0 aliphatic heterocycles. The Kier molecular flexibility index (Phi) is 5.00. The second-order valence-corrected chi connectivity index (χ2v) is 5.00. The maximum absolute atomic E-state index is 13.2. The summed E-state index contributed by atoms with van der Waals surface area (Å²) in [5.41, 5.74) is 1.36. The number of rotatable bonds is 5. The van der Waals surface area contributed by atoms with E-state index in [0.29, 0.717) is 5.56 Å². The number of hydrogen-bond acceptors (Lipinski definition) is 3. The summed E-state index contributed by atoms with van der Waals surface area (Å²) in [6.45, 7) is 1.80. The minimum absolute atomic E-state index is 0.0493. The van der Waals surface area contributed by atoms with Gasteiger partial charge in [-0.15, -0.1) is 0 Å². The Hall–Kier alpha value is -2.83. The second kappa shape index (κ2) is 6.95. The van der Waals surface area contributed by atoms with Crippen LogP contribution in [-0.4, -0.2) is 22.0 Å². The van der Waals surface area contributed by atoms with Crippen molar-refractivity contribution in [2.24, 2.45) is 0 Å². The molecule has 1 unspecified atom stereocenters. The molecule has 0 aliphatic carbocycles. The first-order valence-electron chi connectivity index (χ1n) is 6.75. The fourth-order valence-electron chi connectivity index (χ4n) is 1.98. The molecule has 1 aromatic carbocycles. The molecule has 0 spiro atoms. The van der Waals surface area contributed by atoms with Crippen molar-refractivity contribution < 1.29 is 23.5 Å². The Bertz CT molecular complexity index is 733. The number of nitrogens with zero attached hydrogens (tertiary/aromatic N) is 1.